The number of rotatable bonds is 4. The maximum absolute atomic E-state index is 12.4. The van der Waals surface area contributed by atoms with Gasteiger partial charge in [0, 0.05) is 32.2 Å². The summed E-state index contributed by atoms with van der Waals surface area (Å²) < 4.78 is 0. The van der Waals surface area contributed by atoms with Gasteiger partial charge in [-0.05, 0) is 38.6 Å². The van der Waals surface area contributed by atoms with Gasteiger partial charge in [0.25, 0.3) is 0 Å². The van der Waals surface area contributed by atoms with Gasteiger partial charge in [-0.25, -0.2) is 4.79 Å². The molecule has 0 radical (unpaired) electrons. The zero-order valence-electron chi connectivity index (χ0n) is 14.5. The second-order valence-electron chi connectivity index (χ2n) is 7.25. The molecule has 0 aromatic heterocycles. The Kier molecular flexibility index (Phi) is 6.12. The molecule has 0 aromatic rings. The third kappa shape index (κ3) is 4.72. The minimum absolute atomic E-state index is 0.0143. The van der Waals surface area contributed by atoms with Gasteiger partial charge in [-0.3, -0.25) is 4.79 Å². The number of amides is 3. The van der Waals surface area contributed by atoms with Crippen molar-refractivity contribution in [1.82, 2.24) is 20.9 Å². The molecule has 134 valence electrons. The second kappa shape index (κ2) is 8.51. The van der Waals surface area contributed by atoms with E-state index in [1.54, 1.807) is 0 Å². The molecular formula is C18H30N4O2. The molecule has 3 amide bonds. The van der Waals surface area contributed by atoms with Crippen molar-refractivity contribution in [2.24, 2.45) is 5.92 Å². The zero-order chi connectivity index (χ0) is 16.8. The Morgan fingerprint density at radius 3 is 2.79 bits per heavy atom. The maximum atomic E-state index is 12.4. The van der Waals surface area contributed by atoms with E-state index < -0.39 is 0 Å². The highest BCUT2D eigenvalue weighted by Crippen LogP contribution is 2.20. The first-order valence-electron chi connectivity index (χ1n) is 9.44. The highest BCUT2D eigenvalue weighted by atomic mass is 16.2. The largest absolute Gasteiger partial charge is 0.352 e. The first kappa shape index (κ1) is 17.3. The lowest BCUT2D eigenvalue weighted by molar-refractivity contribution is -0.126. The van der Waals surface area contributed by atoms with Crippen LogP contribution < -0.4 is 16.0 Å². The molecule has 1 saturated carbocycles. The first-order chi connectivity index (χ1) is 11.7. The van der Waals surface area contributed by atoms with Crippen LogP contribution in [0.5, 0.6) is 0 Å². The fourth-order valence-electron chi connectivity index (χ4n) is 3.89. The molecule has 3 aliphatic rings. The highest BCUT2D eigenvalue weighted by Gasteiger charge is 2.29. The number of carbonyl (C=O) groups excluding carboxylic acids is 2. The SMILES string of the molecule is O=C(NCC1=CCNCC1)C1CCCN(C(=O)NC2CCCC2)C1. The van der Waals surface area contributed by atoms with Crippen molar-refractivity contribution in [3.05, 3.63) is 11.6 Å². The van der Waals surface area contributed by atoms with E-state index in [-0.39, 0.29) is 17.9 Å². The smallest absolute Gasteiger partial charge is 0.317 e. The van der Waals surface area contributed by atoms with Crippen LogP contribution in [0.1, 0.15) is 44.9 Å². The van der Waals surface area contributed by atoms with E-state index in [4.69, 9.17) is 0 Å². The van der Waals surface area contributed by atoms with Gasteiger partial charge in [0.05, 0.1) is 5.92 Å². The lowest BCUT2D eigenvalue weighted by Gasteiger charge is -2.33. The van der Waals surface area contributed by atoms with Gasteiger partial charge in [-0.1, -0.05) is 24.5 Å². The summed E-state index contributed by atoms with van der Waals surface area (Å²) in [4.78, 5) is 26.7. The Bertz CT molecular complexity index is 485. The predicted molar refractivity (Wildman–Crippen MR) is 93.7 cm³/mol. The first-order valence-corrected chi connectivity index (χ1v) is 9.44. The lowest BCUT2D eigenvalue weighted by atomic mass is 9.97. The maximum Gasteiger partial charge on any atom is 0.317 e. The fraction of sp³-hybridized carbons (Fsp3) is 0.778. The van der Waals surface area contributed by atoms with Crippen molar-refractivity contribution in [2.45, 2.75) is 51.0 Å². The van der Waals surface area contributed by atoms with Gasteiger partial charge in [0.1, 0.15) is 0 Å². The highest BCUT2D eigenvalue weighted by molar-refractivity contribution is 5.81. The van der Waals surface area contributed by atoms with E-state index >= 15 is 0 Å². The van der Waals surface area contributed by atoms with E-state index in [9.17, 15) is 9.59 Å². The molecule has 0 spiro atoms. The molecule has 1 unspecified atom stereocenters. The summed E-state index contributed by atoms with van der Waals surface area (Å²) in [5.74, 6) is 0.0168. The van der Waals surface area contributed by atoms with Crippen molar-refractivity contribution in [3.8, 4) is 0 Å². The molecule has 24 heavy (non-hydrogen) atoms. The van der Waals surface area contributed by atoms with Crippen LogP contribution >= 0.6 is 0 Å². The van der Waals surface area contributed by atoms with Crippen LogP contribution in [0.25, 0.3) is 0 Å². The number of piperidine rings is 1. The molecule has 6 nitrogen and oxygen atoms in total. The van der Waals surface area contributed by atoms with E-state index in [2.05, 4.69) is 22.0 Å². The monoisotopic (exact) mass is 334 g/mol. The Hall–Kier alpha value is -1.56. The van der Waals surface area contributed by atoms with E-state index in [0.717, 1.165) is 51.7 Å². The molecule has 3 rings (SSSR count). The standard InChI is InChI=1S/C18H30N4O2/c23-17(20-12-14-7-9-19-10-8-14)15-4-3-11-22(13-15)18(24)21-16-5-1-2-6-16/h7,15-16,19H,1-6,8-13H2,(H,20,23)(H,21,24). The molecule has 1 aliphatic carbocycles. The average molecular weight is 334 g/mol. The summed E-state index contributed by atoms with van der Waals surface area (Å²) in [5.41, 5.74) is 1.30. The van der Waals surface area contributed by atoms with Crippen LogP contribution in [0.4, 0.5) is 4.79 Å². The number of nitrogens with one attached hydrogen (secondary N) is 3. The van der Waals surface area contributed by atoms with Crippen LogP contribution in [0.15, 0.2) is 11.6 Å². The van der Waals surface area contributed by atoms with Crippen molar-refractivity contribution < 1.29 is 9.59 Å². The molecule has 0 aromatic carbocycles. The van der Waals surface area contributed by atoms with Gasteiger partial charge >= 0.3 is 6.03 Å². The third-order valence-electron chi connectivity index (χ3n) is 5.41. The normalized spacial score (nSPS) is 25.2. The molecule has 3 N–H and O–H groups in total. The molecule has 1 saturated heterocycles. The molecule has 1 atom stereocenters. The van der Waals surface area contributed by atoms with Gasteiger partial charge in [0.2, 0.25) is 5.91 Å². The van der Waals surface area contributed by atoms with Crippen molar-refractivity contribution in [3.63, 3.8) is 0 Å². The number of urea groups is 1. The zero-order valence-corrected chi connectivity index (χ0v) is 14.5. The Morgan fingerprint density at radius 2 is 2.04 bits per heavy atom. The van der Waals surface area contributed by atoms with Crippen LogP contribution in [0, 0.1) is 5.92 Å². The minimum Gasteiger partial charge on any atom is -0.352 e. The van der Waals surface area contributed by atoms with Crippen molar-refractivity contribution in [2.75, 3.05) is 32.7 Å². The van der Waals surface area contributed by atoms with Crippen LogP contribution in [0.3, 0.4) is 0 Å². The Labute approximate surface area is 144 Å². The topological polar surface area (TPSA) is 73.5 Å². The number of hydrogen-bond acceptors (Lipinski definition) is 3. The number of hydrogen-bond donors (Lipinski definition) is 3. The van der Waals surface area contributed by atoms with Crippen LogP contribution in [-0.2, 0) is 4.79 Å². The van der Waals surface area contributed by atoms with Gasteiger partial charge < -0.3 is 20.9 Å². The van der Waals surface area contributed by atoms with Crippen LogP contribution in [-0.4, -0.2) is 55.6 Å². The van der Waals surface area contributed by atoms with Gasteiger partial charge in [0.15, 0.2) is 0 Å². The summed E-state index contributed by atoms with van der Waals surface area (Å²) in [6.45, 7) is 3.83. The quantitative estimate of drug-likeness (QED) is 0.680. The van der Waals surface area contributed by atoms with E-state index in [1.165, 1.54) is 18.4 Å². The molecular weight excluding hydrogens is 304 g/mol. The number of carbonyl (C=O) groups is 2. The minimum atomic E-state index is -0.0737. The summed E-state index contributed by atoms with van der Waals surface area (Å²) in [5, 5.41) is 9.47. The summed E-state index contributed by atoms with van der Waals surface area (Å²) in [6, 6.07) is 0.346. The van der Waals surface area contributed by atoms with Crippen molar-refractivity contribution >= 4 is 11.9 Å². The Morgan fingerprint density at radius 1 is 1.21 bits per heavy atom. The summed E-state index contributed by atoms with van der Waals surface area (Å²) >= 11 is 0. The summed E-state index contributed by atoms with van der Waals surface area (Å²) in [6.07, 6.45) is 9.54. The molecule has 6 heteroatoms. The Balaban J connectivity index is 1.44. The predicted octanol–water partition coefficient (Wildman–Crippen LogP) is 1.39. The molecule has 2 fully saturated rings. The van der Waals surface area contributed by atoms with Crippen molar-refractivity contribution in [1.29, 1.82) is 0 Å². The third-order valence-corrected chi connectivity index (χ3v) is 5.41. The van der Waals surface area contributed by atoms with Gasteiger partial charge in [-0.2, -0.15) is 0 Å². The number of nitrogens with zero attached hydrogens (tertiary/aromatic N) is 1. The van der Waals surface area contributed by atoms with Gasteiger partial charge in [-0.15, -0.1) is 0 Å². The second-order valence-corrected chi connectivity index (χ2v) is 7.25. The fourth-order valence-corrected chi connectivity index (χ4v) is 3.89. The van der Waals surface area contributed by atoms with Crippen LogP contribution in [0.2, 0.25) is 0 Å². The summed E-state index contributed by atoms with van der Waals surface area (Å²) in [7, 11) is 0. The van der Waals surface area contributed by atoms with E-state index in [1.807, 2.05) is 4.90 Å². The number of likely N-dealkylation sites (tertiary alicyclic amines) is 1. The average Bonchev–Trinajstić information content (AvgIpc) is 3.13. The molecule has 0 bridgehead atoms. The lowest BCUT2D eigenvalue weighted by Crippen LogP contribution is -2.50. The molecule has 2 aliphatic heterocycles. The molecule has 2 heterocycles. The van der Waals surface area contributed by atoms with E-state index in [0.29, 0.717) is 19.1 Å².